The molecule has 0 fully saturated rings. The van der Waals surface area contributed by atoms with Crippen molar-refractivity contribution in [2.45, 2.75) is 59.6 Å². The molecule has 156 valence electrons. The van der Waals surface area contributed by atoms with Gasteiger partial charge in [-0.1, -0.05) is 6.92 Å². The van der Waals surface area contributed by atoms with Gasteiger partial charge >= 0.3 is 162 Å². The van der Waals surface area contributed by atoms with Crippen molar-refractivity contribution in [1.82, 2.24) is 14.8 Å². The summed E-state index contributed by atoms with van der Waals surface area (Å²) in [5, 5.41) is 24.5. The molecule has 9 nitrogen and oxygen atoms in total. The van der Waals surface area contributed by atoms with Gasteiger partial charge < -0.3 is 5.11 Å². The molecular formula is C20H26LiN5O4. The summed E-state index contributed by atoms with van der Waals surface area (Å²) in [5.41, 5.74) is 0.845. The number of amides is 1. The number of carboxylic acid groups (broad SMARTS) is 1. The second-order valence-corrected chi connectivity index (χ2v) is 7.78. The normalized spacial score (nSPS) is 10.7. The van der Waals surface area contributed by atoms with Gasteiger partial charge in [-0.2, -0.15) is 0 Å². The van der Waals surface area contributed by atoms with E-state index in [1.165, 1.54) is 0 Å². The van der Waals surface area contributed by atoms with Gasteiger partial charge in [-0.25, -0.2) is 0 Å². The fraction of sp³-hybridized carbons (Fsp3) is 0.450. The zero-order chi connectivity index (χ0) is 23.1. The third kappa shape index (κ3) is 7.55. The Hall–Kier alpha value is -2.81. The van der Waals surface area contributed by atoms with Crippen LogP contribution in [0.5, 0.6) is 0 Å². The molecular weight excluding hydrogens is 381 g/mol. The number of hydrogen-bond donors (Lipinski definition) is 2. The van der Waals surface area contributed by atoms with E-state index in [4.69, 9.17) is 9.84 Å². The molecule has 0 spiro atoms. The van der Waals surface area contributed by atoms with Crippen LogP contribution in [0.25, 0.3) is 11.3 Å². The van der Waals surface area contributed by atoms with Crippen molar-refractivity contribution in [3.05, 3.63) is 23.9 Å². The zero-order valence-corrected chi connectivity index (χ0v) is 18.5. The van der Waals surface area contributed by atoms with E-state index in [2.05, 4.69) is 21.5 Å². The molecule has 2 rings (SSSR count). The van der Waals surface area contributed by atoms with Crippen LogP contribution >= 0.6 is 0 Å². The van der Waals surface area contributed by atoms with Crippen molar-refractivity contribution < 1.29 is 19.4 Å². The maximum absolute atomic E-state index is 12.2. The van der Waals surface area contributed by atoms with Crippen LogP contribution < -0.4 is 9.68 Å². The van der Waals surface area contributed by atoms with Gasteiger partial charge in [-0.3, -0.25) is 4.79 Å². The molecule has 0 unspecified atom stereocenters. The summed E-state index contributed by atoms with van der Waals surface area (Å²) in [6.07, 6.45) is 1.26. The average molecular weight is 407 g/mol. The first kappa shape index (κ1) is 25.2. The van der Waals surface area contributed by atoms with Gasteiger partial charge in [-0.05, 0) is 0 Å². The number of anilines is 1. The second-order valence-electron chi connectivity index (χ2n) is 7.78. The Kier molecular flexibility index (Phi) is 9.10. The summed E-state index contributed by atoms with van der Waals surface area (Å²) in [7, 11) is 0. The number of aliphatic carboxylic acids is 1. The van der Waals surface area contributed by atoms with Crippen molar-refractivity contribution in [3.63, 3.8) is 0 Å². The number of nitrogens with one attached hydrogen (secondary N) is 1. The predicted molar refractivity (Wildman–Crippen MR) is 114 cm³/mol. The maximum atomic E-state index is 12.2. The Morgan fingerprint density at radius 2 is 1.97 bits per heavy atom. The summed E-state index contributed by atoms with van der Waals surface area (Å²) in [6.45, 7) is 10.8. The summed E-state index contributed by atoms with van der Waals surface area (Å²) < 4.78 is 7.78. The van der Waals surface area contributed by atoms with E-state index in [-0.39, 0.29) is 18.0 Å². The van der Waals surface area contributed by atoms with Gasteiger partial charge in [-0.15, -0.1) is 0 Å². The van der Waals surface area contributed by atoms with Crippen molar-refractivity contribution >= 4 is 40.0 Å². The molecule has 1 amide bonds. The van der Waals surface area contributed by atoms with Crippen molar-refractivity contribution in [3.8, 4) is 17.3 Å². The van der Waals surface area contributed by atoms with Gasteiger partial charge in [0.2, 0.25) is 0 Å². The first-order chi connectivity index (χ1) is 13.9. The summed E-state index contributed by atoms with van der Waals surface area (Å²) >= 11 is 1.89. The molecule has 0 aliphatic rings. The molecule has 30 heavy (non-hydrogen) atoms. The van der Waals surface area contributed by atoms with Crippen molar-refractivity contribution in [2.24, 2.45) is 0 Å². The zero-order valence-electron chi connectivity index (χ0n) is 18.5. The van der Waals surface area contributed by atoms with Crippen LogP contribution in [0, 0.1) is 11.3 Å². The number of aromatic nitrogens is 3. The average Bonchev–Trinajstić information content (AvgIpc) is 2.99. The van der Waals surface area contributed by atoms with Crippen LogP contribution in [-0.4, -0.2) is 55.2 Å². The van der Waals surface area contributed by atoms with Crippen molar-refractivity contribution in [1.29, 1.82) is 5.26 Å². The summed E-state index contributed by atoms with van der Waals surface area (Å²) in [4.78, 5) is 25.8. The first-order valence-corrected chi connectivity index (χ1v) is 9.57. The number of carboxylic acids is 1. The number of pyridine rings is 1. The molecule has 0 aliphatic carbocycles. The number of rotatable bonds is 4. The molecule has 2 N–H and O–H groups in total. The number of nitriles is 1. The molecule has 2 heterocycles. The molecule has 0 atom stereocenters. The van der Waals surface area contributed by atoms with E-state index in [0.29, 0.717) is 17.1 Å². The number of carbonyl (C=O) groups excluding carboxylic acids is 1. The van der Waals surface area contributed by atoms with Crippen LogP contribution in [-0.2, 0) is 9.53 Å². The summed E-state index contributed by atoms with van der Waals surface area (Å²) in [6, 6.07) is 5.80. The molecule has 0 saturated carbocycles. The minimum atomic E-state index is -0.745. The standard InChI is InChI=1S/C17H20N5O2.C3H6O2.Li/c1-11(2)22-15(20-16(23)24-17(3,4)5)13(9-18)14(21-22)12-7-6-8-19-10-12;1-2-3(4)5;/h6-7,10-11H,1-5H3,(H,20,23);2H2,1H3,(H,4,5);. The quantitative estimate of drug-likeness (QED) is 0.745. The van der Waals surface area contributed by atoms with Crippen molar-refractivity contribution in [2.75, 3.05) is 5.32 Å². The van der Waals surface area contributed by atoms with Gasteiger partial charge in [0.25, 0.3) is 0 Å². The van der Waals surface area contributed by atoms with Gasteiger partial charge in [0.1, 0.15) is 0 Å². The molecule has 10 heteroatoms. The molecule has 2 aromatic rings. The monoisotopic (exact) mass is 407 g/mol. The third-order valence-corrected chi connectivity index (χ3v) is 3.62. The van der Waals surface area contributed by atoms with E-state index in [0.717, 1.165) is 4.37 Å². The second kappa shape index (κ2) is 10.8. The predicted octanol–water partition coefficient (Wildman–Crippen LogP) is 3.02. The number of hydrogen-bond acceptors (Lipinski definition) is 6. The molecule has 0 aromatic carbocycles. The first-order valence-electron chi connectivity index (χ1n) is 9.57. The van der Waals surface area contributed by atoms with Crippen LogP contribution in [0.15, 0.2) is 18.3 Å². The fourth-order valence-electron chi connectivity index (χ4n) is 2.24. The fourth-order valence-corrected chi connectivity index (χ4v) is 2.24. The van der Waals surface area contributed by atoms with E-state index in [1.807, 2.05) is 43.7 Å². The number of ether oxygens (including phenoxy) is 1. The van der Waals surface area contributed by atoms with E-state index < -0.39 is 17.7 Å². The topological polar surface area (TPSA) is 130 Å². The molecule has 0 saturated heterocycles. The van der Waals surface area contributed by atoms with Crippen LogP contribution in [0.2, 0.25) is 0 Å². The molecule has 0 bridgehead atoms. The number of carbonyl (C=O) groups is 2. The third-order valence-electron chi connectivity index (χ3n) is 3.62. The SMILES string of the molecule is CCC(=O)O.[Li][c]1ccc(-c2nn(C(C)C)c(NC(=O)OC(C)(C)C)c2C#N)cn1. The van der Waals surface area contributed by atoms with Crippen LogP contribution in [0.1, 0.15) is 59.6 Å². The number of nitrogens with zero attached hydrogens (tertiary/aromatic N) is 4. The summed E-state index contributed by atoms with van der Waals surface area (Å²) in [5.74, 6) is -0.424. The van der Waals surface area contributed by atoms with Crippen LogP contribution in [0.3, 0.4) is 0 Å². The van der Waals surface area contributed by atoms with E-state index in [9.17, 15) is 14.9 Å². The Morgan fingerprint density at radius 1 is 1.37 bits per heavy atom. The van der Waals surface area contributed by atoms with Gasteiger partial charge in [0.05, 0.1) is 0 Å². The van der Waals surface area contributed by atoms with Gasteiger partial charge in [0, 0.05) is 6.42 Å². The molecule has 2 aromatic heterocycles. The van der Waals surface area contributed by atoms with Crippen LogP contribution in [0.4, 0.5) is 10.6 Å². The van der Waals surface area contributed by atoms with E-state index in [1.54, 1.807) is 38.6 Å². The minimum absolute atomic E-state index is 0.0517. The van der Waals surface area contributed by atoms with E-state index >= 15 is 0 Å². The Balaban J connectivity index is 0.000000804. The Bertz CT molecular complexity index is 924. The molecule has 0 aliphatic heterocycles. The van der Waals surface area contributed by atoms with Gasteiger partial charge in [0.15, 0.2) is 0 Å². The Morgan fingerprint density at radius 3 is 2.37 bits per heavy atom. The Labute approximate surface area is 185 Å². The molecule has 0 radical (unpaired) electrons.